The summed E-state index contributed by atoms with van der Waals surface area (Å²) in [7, 11) is 2.83. The van der Waals surface area contributed by atoms with Gasteiger partial charge in [0.1, 0.15) is 17.1 Å². The average molecular weight is 482 g/mol. The van der Waals surface area contributed by atoms with Crippen molar-refractivity contribution in [2.45, 2.75) is 64.6 Å². The summed E-state index contributed by atoms with van der Waals surface area (Å²) >= 11 is 0. The van der Waals surface area contributed by atoms with Gasteiger partial charge in [0.15, 0.2) is 12.6 Å². The van der Waals surface area contributed by atoms with E-state index in [1.807, 2.05) is 19.1 Å². The van der Waals surface area contributed by atoms with Crippen molar-refractivity contribution < 1.29 is 43.5 Å². The molecule has 1 unspecified atom stereocenters. The molecule has 4 atom stereocenters. The minimum Gasteiger partial charge on any atom is -0.497 e. The normalized spacial score (nSPS) is 21.3. The fraction of sp³-hybridized carbons (Fsp3) is 0.583. The first-order valence-electron chi connectivity index (χ1n) is 11.0. The van der Waals surface area contributed by atoms with E-state index in [1.165, 1.54) is 26.4 Å². The number of ether oxygens (including phenoxy) is 5. The molecule has 10 heteroatoms. The lowest BCUT2D eigenvalue weighted by Gasteiger charge is -2.21. The Morgan fingerprint density at radius 1 is 1.24 bits per heavy atom. The van der Waals surface area contributed by atoms with Crippen LogP contribution in [0.3, 0.4) is 0 Å². The summed E-state index contributed by atoms with van der Waals surface area (Å²) in [6.45, 7) is 7.02. The number of rotatable bonds is 12. The second-order valence-electron chi connectivity index (χ2n) is 8.67. The number of carboxylic acids is 1. The van der Waals surface area contributed by atoms with E-state index < -0.39 is 36.0 Å². The van der Waals surface area contributed by atoms with Crippen LogP contribution in [-0.4, -0.2) is 67.2 Å². The summed E-state index contributed by atoms with van der Waals surface area (Å²) < 4.78 is 27.5. The third-order valence-electron chi connectivity index (χ3n) is 5.17. The molecule has 34 heavy (non-hydrogen) atoms. The SMILES string of the molecule is COCOc1cc(OC)cc(NC(=O)C[C@@H]2OC(C)(C)O[C@@H]2C(C)/C=C\C[C@@H](C)O)c1C(=O)O. The molecule has 0 spiro atoms. The molecule has 190 valence electrons. The summed E-state index contributed by atoms with van der Waals surface area (Å²) in [5.41, 5.74) is -0.191. The van der Waals surface area contributed by atoms with Gasteiger partial charge in [-0.2, -0.15) is 0 Å². The minimum absolute atomic E-state index is 0.000306. The van der Waals surface area contributed by atoms with E-state index in [9.17, 15) is 19.8 Å². The van der Waals surface area contributed by atoms with Crippen molar-refractivity contribution >= 4 is 17.6 Å². The van der Waals surface area contributed by atoms with Gasteiger partial charge >= 0.3 is 5.97 Å². The minimum atomic E-state index is -1.28. The van der Waals surface area contributed by atoms with E-state index in [-0.39, 0.29) is 36.1 Å². The van der Waals surface area contributed by atoms with E-state index in [0.29, 0.717) is 12.2 Å². The Morgan fingerprint density at radius 3 is 2.53 bits per heavy atom. The summed E-state index contributed by atoms with van der Waals surface area (Å²) in [5.74, 6) is -2.39. The molecule has 0 aromatic heterocycles. The lowest BCUT2D eigenvalue weighted by molar-refractivity contribution is -0.150. The zero-order valence-electron chi connectivity index (χ0n) is 20.5. The van der Waals surface area contributed by atoms with E-state index in [4.69, 9.17) is 23.7 Å². The summed E-state index contributed by atoms with van der Waals surface area (Å²) in [6.07, 6.45) is 2.82. The summed E-state index contributed by atoms with van der Waals surface area (Å²) in [5, 5.41) is 21.8. The Labute approximate surface area is 199 Å². The van der Waals surface area contributed by atoms with Crippen LogP contribution in [0.15, 0.2) is 24.3 Å². The maximum Gasteiger partial charge on any atom is 0.341 e. The monoisotopic (exact) mass is 481 g/mol. The van der Waals surface area contributed by atoms with Gasteiger partial charge in [-0.05, 0) is 27.2 Å². The van der Waals surface area contributed by atoms with E-state index in [0.717, 1.165) is 0 Å². The van der Waals surface area contributed by atoms with Gasteiger partial charge < -0.3 is 39.2 Å². The van der Waals surface area contributed by atoms with Crippen LogP contribution in [0.4, 0.5) is 5.69 Å². The molecule has 0 radical (unpaired) electrons. The van der Waals surface area contributed by atoms with Crippen LogP contribution < -0.4 is 14.8 Å². The second-order valence-corrected chi connectivity index (χ2v) is 8.67. The highest BCUT2D eigenvalue weighted by atomic mass is 16.8. The Morgan fingerprint density at radius 2 is 1.94 bits per heavy atom. The van der Waals surface area contributed by atoms with Gasteiger partial charge in [-0.15, -0.1) is 0 Å². The number of carboxylic acid groups (broad SMARTS) is 1. The van der Waals surface area contributed by atoms with Gasteiger partial charge in [0, 0.05) is 25.2 Å². The van der Waals surface area contributed by atoms with Crippen molar-refractivity contribution in [3.63, 3.8) is 0 Å². The number of anilines is 1. The number of aliphatic hydroxyl groups is 1. The smallest absolute Gasteiger partial charge is 0.341 e. The summed E-state index contributed by atoms with van der Waals surface area (Å²) in [4.78, 5) is 24.9. The number of hydrogen-bond acceptors (Lipinski definition) is 8. The zero-order valence-corrected chi connectivity index (χ0v) is 20.5. The number of benzene rings is 1. The fourth-order valence-electron chi connectivity index (χ4n) is 3.71. The second kappa shape index (κ2) is 12.2. The standard InChI is InChI=1S/C24H35NO9/c1-14(8-7-9-15(2)26)22-19(33-24(3,4)34-22)12-20(27)25-17-10-16(31-6)11-18(32-13-30-5)21(17)23(28)29/h7-8,10-11,14-15,19,22,26H,9,12-13H2,1-6H3,(H,25,27)(H,28,29)/b8-7-/t14?,15-,19+,22-/m1/s1. The number of carbonyl (C=O) groups is 2. The fourth-order valence-corrected chi connectivity index (χ4v) is 3.71. The van der Waals surface area contributed by atoms with Gasteiger partial charge in [0.25, 0.3) is 0 Å². The molecule has 10 nitrogen and oxygen atoms in total. The first-order valence-corrected chi connectivity index (χ1v) is 11.0. The molecular formula is C24H35NO9. The predicted octanol–water partition coefficient (Wildman–Crippen LogP) is 3.19. The van der Waals surface area contributed by atoms with Crippen molar-refractivity contribution in [2.24, 2.45) is 5.92 Å². The largest absolute Gasteiger partial charge is 0.497 e. The van der Waals surface area contributed by atoms with Crippen LogP contribution >= 0.6 is 0 Å². The molecule has 0 saturated carbocycles. The van der Waals surface area contributed by atoms with Crippen molar-refractivity contribution in [2.75, 3.05) is 26.3 Å². The first-order chi connectivity index (χ1) is 16.0. The average Bonchev–Trinajstić information content (AvgIpc) is 3.04. The molecule has 0 bridgehead atoms. The van der Waals surface area contributed by atoms with Gasteiger partial charge in [0.05, 0.1) is 37.5 Å². The van der Waals surface area contributed by atoms with Crippen LogP contribution in [-0.2, 0) is 19.0 Å². The molecule has 1 aromatic carbocycles. The van der Waals surface area contributed by atoms with Crippen molar-refractivity contribution in [1.29, 1.82) is 0 Å². The number of carbonyl (C=O) groups excluding carboxylic acids is 1. The molecular weight excluding hydrogens is 446 g/mol. The third-order valence-corrected chi connectivity index (χ3v) is 5.17. The molecule has 1 aliphatic heterocycles. The Hall–Kier alpha value is -2.66. The lowest BCUT2D eigenvalue weighted by Crippen LogP contribution is -2.32. The van der Waals surface area contributed by atoms with Crippen LogP contribution in [0.1, 0.15) is 50.9 Å². The van der Waals surface area contributed by atoms with E-state index in [2.05, 4.69) is 5.32 Å². The van der Waals surface area contributed by atoms with Gasteiger partial charge in [-0.3, -0.25) is 4.79 Å². The maximum atomic E-state index is 13.0. The molecule has 1 amide bonds. The Balaban J connectivity index is 2.22. The van der Waals surface area contributed by atoms with E-state index in [1.54, 1.807) is 20.8 Å². The zero-order chi connectivity index (χ0) is 25.5. The number of methoxy groups -OCH3 is 2. The number of nitrogens with one attached hydrogen (secondary N) is 1. The quantitative estimate of drug-likeness (QED) is 0.304. The highest BCUT2D eigenvalue weighted by Crippen LogP contribution is 2.36. The van der Waals surface area contributed by atoms with Crippen molar-refractivity contribution in [3.05, 3.63) is 29.8 Å². The Bertz CT molecular complexity index is 881. The number of aromatic carboxylic acids is 1. The summed E-state index contributed by atoms with van der Waals surface area (Å²) in [6, 6.07) is 2.82. The number of amides is 1. The predicted molar refractivity (Wildman–Crippen MR) is 124 cm³/mol. The van der Waals surface area contributed by atoms with Crippen LogP contribution in [0.25, 0.3) is 0 Å². The highest BCUT2D eigenvalue weighted by molar-refractivity contribution is 6.03. The molecule has 1 aromatic rings. The Kier molecular flexibility index (Phi) is 9.87. The molecule has 2 rings (SSSR count). The first kappa shape index (κ1) is 27.6. The van der Waals surface area contributed by atoms with Crippen LogP contribution in [0.2, 0.25) is 0 Å². The molecule has 1 fully saturated rings. The van der Waals surface area contributed by atoms with Gasteiger partial charge in [0.2, 0.25) is 5.91 Å². The molecule has 1 saturated heterocycles. The third kappa shape index (κ3) is 7.69. The topological polar surface area (TPSA) is 133 Å². The molecule has 0 aliphatic carbocycles. The van der Waals surface area contributed by atoms with Gasteiger partial charge in [-0.25, -0.2) is 4.79 Å². The van der Waals surface area contributed by atoms with Crippen molar-refractivity contribution in [1.82, 2.24) is 0 Å². The number of aliphatic hydroxyl groups excluding tert-OH is 1. The molecule has 1 heterocycles. The maximum absolute atomic E-state index is 13.0. The van der Waals surface area contributed by atoms with Crippen LogP contribution in [0, 0.1) is 5.92 Å². The van der Waals surface area contributed by atoms with Gasteiger partial charge in [-0.1, -0.05) is 19.1 Å². The number of hydrogen-bond donors (Lipinski definition) is 3. The molecule has 3 N–H and O–H groups in total. The van der Waals surface area contributed by atoms with E-state index >= 15 is 0 Å². The van der Waals surface area contributed by atoms with Crippen molar-refractivity contribution in [3.8, 4) is 11.5 Å². The molecule has 1 aliphatic rings. The van der Waals surface area contributed by atoms with Crippen LogP contribution in [0.5, 0.6) is 11.5 Å². The highest BCUT2D eigenvalue weighted by Gasteiger charge is 2.44. The lowest BCUT2D eigenvalue weighted by atomic mass is 9.96.